The minimum absolute atomic E-state index is 0.203. The van der Waals surface area contributed by atoms with Gasteiger partial charge in [-0.3, -0.25) is 0 Å². The molecule has 118 valence electrons. The molecule has 0 aromatic heterocycles. The van der Waals surface area contributed by atoms with Crippen LogP contribution in [0.5, 0.6) is 0 Å². The number of nitrogens with one attached hydrogen (secondary N) is 1. The van der Waals surface area contributed by atoms with Crippen molar-refractivity contribution in [1.29, 1.82) is 0 Å². The first-order valence-corrected chi connectivity index (χ1v) is 8.87. The van der Waals surface area contributed by atoms with Crippen LogP contribution in [0.25, 0.3) is 0 Å². The van der Waals surface area contributed by atoms with E-state index in [-0.39, 0.29) is 6.04 Å². The van der Waals surface area contributed by atoms with Crippen molar-refractivity contribution in [3.8, 4) is 0 Å². The van der Waals surface area contributed by atoms with Gasteiger partial charge in [0.1, 0.15) is 0 Å². The standard InChI is InChI=1S/C19H16Cl3N/c1-10-15(20)8-6-14-12-3-2-4-13(12)19(23-18(10)14)11-5-7-16(21)17(22)9-11/h2-3,5-9,12-13,19,23H,4H2,1H3/t12-,13+,19+/m0/s1. The molecule has 0 saturated heterocycles. The highest BCUT2D eigenvalue weighted by molar-refractivity contribution is 6.42. The number of hydrogen-bond donors (Lipinski definition) is 1. The van der Waals surface area contributed by atoms with Crippen molar-refractivity contribution in [2.45, 2.75) is 25.3 Å². The van der Waals surface area contributed by atoms with Crippen LogP contribution in [0.2, 0.25) is 15.1 Å². The van der Waals surface area contributed by atoms with E-state index in [2.05, 4.69) is 36.5 Å². The maximum atomic E-state index is 6.33. The lowest BCUT2D eigenvalue weighted by Crippen LogP contribution is -2.29. The highest BCUT2D eigenvalue weighted by Crippen LogP contribution is 2.51. The summed E-state index contributed by atoms with van der Waals surface area (Å²) in [6.45, 7) is 2.07. The van der Waals surface area contributed by atoms with Gasteiger partial charge in [0.2, 0.25) is 0 Å². The van der Waals surface area contributed by atoms with Crippen molar-refractivity contribution in [3.05, 3.63) is 74.2 Å². The smallest absolute Gasteiger partial charge is 0.0595 e. The summed E-state index contributed by atoms with van der Waals surface area (Å²) < 4.78 is 0. The van der Waals surface area contributed by atoms with Gasteiger partial charge in [0, 0.05) is 16.6 Å². The molecule has 0 amide bonds. The Kier molecular flexibility index (Phi) is 3.84. The molecule has 3 atom stereocenters. The van der Waals surface area contributed by atoms with E-state index >= 15 is 0 Å². The van der Waals surface area contributed by atoms with E-state index in [1.807, 2.05) is 18.2 Å². The highest BCUT2D eigenvalue weighted by Gasteiger charge is 2.38. The second kappa shape index (κ2) is 5.73. The van der Waals surface area contributed by atoms with Gasteiger partial charge in [-0.05, 0) is 54.2 Å². The zero-order chi connectivity index (χ0) is 16.1. The Labute approximate surface area is 151 Å². The van der Waals surface area contributed by atoms with Crippen molar-refractivity contribution in [3.63, 3.8) is 0 Å². The Morgan fingerprint density at radius 3 is 2.57 bits per heavy atom. The molecule has 1 aliphatic heterocycles. The second-order valence-corrected chi connectivity index (χ2v) is 7.51. The fourth-order valence-corrected chi connectivity index (χ4v) is 4.29. The molecule has 0 fully saturated rings. The molecule has 23 heavy (non-hydrogen) atoms. The molecule has 1 nitrogen and oxygen atoms in total. The Morgan fingerprint density at radius 2 is 1.78 bits per heavy atom. The van der Waals surface area contributed by atoms with Gasteiger partial charge in [0.05, 0.1) is 16.1 Å². The number of rotatable bonds is 1. The van der Waals surface area contributed by atoms with Crippen molar-refractivity contribution >= 4 is 40.5 Å². The van der Waals surface area contributed by atoms with Gasteiger partial charge in [0.25, 0.3) is 0 Å². The van der Waals surface area contributed by atoms with E-state index in [0.717, 1.165) is 22.7 Å². The number of halogens is 3. The molecule has 2 aromatic carbocycles. The number of benzene rings is 2. The number of hydrogen-bond acceptors (Lipinski definition) is 1. The summed E-state index contributed by atoms with van der Waals surface area (Å²) in [5.74, 6) is 0.905. The summed E-state index contributed by atoms with van der Waals surface area (Å²) in [5, 5.41) is 5.70. The third kappa shape index (κ3) is 2.46. The average Bonchev–Trinajstić information content (AvgIpc) is 3.02. The maximum absolute atomic E-state index is 6.33. The molecular weight excluding hydrogens is 349 g/mol. The van der Waals surface area contributed by atoms with E-state index in [0.29, 0.717) is 21.9 Å². The van der Waals surface area contributed by atoms with Crippen molar-refractivity contribution in [1.82, 2.24) is 0 Å². The van der Waals surface area contributed by atoms with Gasteiger partial charge >= 0.3 is 0 Å². The fourth-order valence-electron chi connectivity index (χ4n) is 3.82. The van der Waals surface area contributed by atoms with E-state index < -0.39 is 0 Å². The largest absolute Gasteiger partial charge is 0.377 e. The Hall–Kier alpha value is -1.15. The summed E-state index contributed by atoms with van der Waals surface area (Å²) in [6, 6.07) is 10.3. The summed E-state index contributed by atoms with van der Waals surface area (Å²) in [6.07, 6.45) is 5.66. The second-order valence-electron chi connectivity index (χ2n) is 6.29. The fraction of sp³-hybridized carbons (Fsp3) is 0.263. The summed E-state index contributed by atoms with van der Waals surface area (Å²) in [5.41, 5.74) is 4.76. The Balaban J connectivity index is 1.83. The summed E-state index contributed by atoms with van der Waals surface area (Å²) in [7, 11) is 0. The molecule has 2 aromatic rings. The van der Waals surface area contributed by atoms with E-state index in [1.165, 1.54) is 11.1 Å². The third-order valence-electron chi connectivity index (χ3n) is 5.03. The normalized spacial score (nSPS) is 25.0. The first-order chi connectivity index (χ1) is 11.1. The molecular formula is C19H16Cl3N. The molecule has 1 aliphatic carbocycles. The molecule has 1 heterocycles. The first kappa shape index (κ1) is 15.4. The minimum atomic E-state index is 0.203. The lowest BCUT2D eigenvalue weighted by molar-refractivity contribution is 0.425. The van der Waals surface area contributed by atoms with Crippen LogP contribution in [0.3, 0.4) is 0 Å². The van der Waals surface area contributed by atoms with Gasteiger partial charge in [0.15, 0.2) is 0 Å². The van der Waals surface area contributed by atoms with Crippen LogP contribution >= 0.6 is 34.8 Å². The maximum Gasteiger partial charge on any atom is 0.0595 e. The average molecular weight is 365 g/mol. The highest BCUT2D eigenvalue weighted by atomic mass is 35.5. The molecule has 1 N–H and O–H groups in total. The van der Waals surface area contributed by atoms with E-state index in [1.54, 1.807) is 0 Å². The van der Waals surface area contributed by atoms with Gasteiger partial charge in [-0.2, -0.15) is 0 Å². The zero-order valence-corrected chi connectivity index (χ0v) is 14.9. The summed E-state index contributed by atoms with van der Waals surface area (Å²) in [4.78, 5) is 0. The third-order valence-corrected chi connectivity index (χ3v) is 6.18. The number of anilines is 1. The molecule has 4 heteroatoms. The van der Waals surface area contributed by atoms with E-state index in [9.17, 15) is 0 Å². The molecule has 0 unspecified atom stereocenters. The predicted molar refractivity (Wildman–Crippen MR) is 99.0 cm³/mol. The molecule has 0 spiro atoms. The SMILES string of the molecule is Cc1c(Cl)ccc2c1N[C@H](c1ccc(Cl)c(Cl)c1)[C@@H]1CC=C[C@H]21. The van der Waals surface area contributed by atoms with Gasteiger partial charge in [-0.15, -0.1) is 0 Å². The van der Waals surface area contributed by atoms with Crippen molar-refractivity contribution in [2.75, 3.05) is 5.32 Å². The quantitative estimate of drug-likeness (QED) is 0.550. The monoisotopic (exact) mass is 363 g/mol. The Bertz CT molecular complexity index is 813. The molecule has 4 rings (SSSR count). The molecule has 0 radical (unpaired) electrons. The van der Waals surface area contributed by atoms with Crippen LogP contribution in [0.15, 0.2) is 42.5 Å². The summed E-state index contributed by atoms with van der Waals surface area (Å²) >= 11 is 18.6. The molecule has 2 aliphatic rings. The van der Waals surface area contributed by atoms with Crippen LogP contribution in [0.1, 0.15) is 35.1 Å². The van der Waals surface area contributed by atoms with Crippen LogP contribution in [0.4, 0.5) is 5.69 Å². The van der Waals surface area contributed by atoms with E-state index in [4.69, 9.17) is 34.8 Å². The van der Waals surface area contributed by atoms with Crippen molar-refractivity contribution in [2.24, 2.45) is 5.92 Å². The molecule has 0 bridgehead atoms. The van der Waals surface area contributed by atoms with Gasteiger partial charge in [-0.25, -0.2) is 0 Å². The topological polar surface area (TPSA) is 12.0 Å². The minimum Gasteiger partial charge on any atom is -0.377 e. The zero-order valence-electron chi connectivity index (χ0n) is 12.6. The van der Waals surface area contributed by atoms with Gasteiger partial charge in [-0.1, -0.05) is 59.1 Å². The van der Waals surface area contributed by atoms with Gasteiger partial charge < -0.3 is 5.32 Å². The van der Waals surface area contributed by atoms with Crippen molar-refractivity contribution < 1.29 is 0 Å². The number of allylic oxidation sites excluding steroid dienone is 2. The Morgan fingerprint density at radius 1 is 1.00 bits per heavy atom. The first-order valence-electron chi connectivity index (χ1n) is 7.73. The van der Waals surface area contributed by atoms with Crippen LogP contribution in [0, 0.1) is 12.8 Å². The lowest BCUT2D eigenvalue weighted by atomic mass is 9.76. The number of fused-ring (bicyclic) bond motifs is 3. The van der Waals surface area contributed by atoms with Crippen LogP contribution in [-0.4, -0.2) is 0 Å². The molecule has 0 saturated carbocycles. The van der Waals surface area contributed by atoms with Crippen LogP contribution < -0.4 is 5.32 Å². The van der Waals surface area contributed by atoms with Crippen LogP contribution in [-0.2, 0) is 0 Å². The predicted octanol–water partition coefficient (Wildman–Crippen LogP) is 6.78. The lowest BCUT2D eigenvalue weighted by Gasteiger charge is -2.38.